The fraction of sp³-hybridized carbons (Fsp3) is 0.154. The van der Waals surface area contributed by atoms with Gasteiger partial charge >= 0.3 is 6.18 Å². The Morgan fingerprint density at radius 2 is 1.86 bits per heavy atom. The van der Waals surface area contributed by atoms with Crippen molar-refractivity contribution in [1.29, 1.82) is 5.26 Å². The Morgan fingerprint density at radius 3 is 2.38 bits per heavy atom. The minimum Gasteiger partial charge on any atom is -0.491 e. The fourth-order valence-corrected chi connectivity index (χ4v) is 1.75. The molecule has 0 fully saturated rings. The van der Waals surface area contributed by atoms with Gasteiger partial charge in [-0.25, -0.2) is 0 Å². The van der Waals surface area contributed by atoms with E-state index in [1.165, 1.54) is 0 Å². The van der Waals surface area contributed by atoms with Crippen molar-refractivity contribution in [3.05, 3.63) is 49.8 Å². The molecular formula is C13H7F3N2O3. The third-order valence-electron chi connectivity index (χ3n) is 2.73. The van der Waals surface area contributed by atoms with Crippen LogP contribution in [0.5, 0.6) is 5.75 Å². The fourth-order valence-electron chi connectivity index (χ4n) is 1.75. The third kappa shape index (κ3) is 2.58. The summed E-state index contributed by atoms with van der Waals surface area (Å²) in [6.45, 7) is 0. The molecule has 0 aliphatic rings. The first-order chi connectivity index (χ1) is 9.77. The van der Waals surface area contributed by atoms with E-state index in [4.69, 9.17) is 5.26 Å². The summed E-state index contributed by atoms with van der Waals surface area (Å²) in [4.78, 5) is 22.5. The van der Waals surface area contributed by atoms with E-state index in [9.17, 15) is 22.8 Å². The van der Waals surface area contributed by atoms with Crippen molar-refractivity contribution in [2.24, 2.45) is 0 Å². The van der Waals surface area contributed by atoms with Crippen LogP contribution in [-0.4, -0.2) is 7.11 Å². The SMILES string of the molecule is COc1c(Nc2cc(C#N)cc(C(F)(F)F)c2)c(=O)c1=O. The molecule has 0 saturated carbocycles. The van der Waals surface area contributed by atoms with Crippen LogP contribution in [0.3, 0.4) is 0 Å². The average molecular weight is 296 g/mol. The molecule has 1 N–H and O–H groups in total. The quantitative estimate of drug-likeness (QED) is 0.875. The zero-order chi connectivity index (χ0) is 15.8. The zero-order valence-corrected chi connectivity index (χ0v) is 10.5. The van der Waals surface area contributed by atoms with Gasteiger partial charge in [0.1, 0.15) is 5.69 Å². The smallest absolute Gasteiger partial charge is 0.416 e. The summed E-state index contributed by atoms with van der Waals surface area (Å²) in [5, 5.41) is 11.1. The summed E-state index contributed by atoms with van der Waals surface area (Å²) < 4.78 is 42.8. The maximum Gasteiger partial charge on any atom is 0.416 e. The molecule has 2 aromatic rings. The second kappa shape index (κ2) is 4.94. The number of anilines is 2. The zero-order valence-electron chi connectivity index (χ0n) is 10.5. The Morgan fingerprint density at radius 1 is 1.19 bits per heavy atom. The van der Waals surface area contributed by atoms with E-state index in [0.717, 1.165) is 19.2 Å². The van der Waals surface area contributed by atoms with Crippen LogP contribution >= 0.6 is 0 Å². The van der Waals surface area contributed by atoms with E-state index in [1.807, 2.05) is 0 Å². The largest absolute Gasteiger partial charge is 0.491 e. The molecular weight excluding hydrogens is 289 g/mol. The maximum absolute atomic E-state index is 12.7. The molecule has 0 aliphatic heterocycles. The Kier molecular flexibility index (Phi) is 3.43. The number of nitriles is 1. The first kappa shape index (κ1) is 14.6. The highest BCUT2D eigenvalue weighted by atomic mass is 19.4. The lowest BCUT2D eigenvalue weighted by Crippen LogP contribution is -2.34. The summed E-state index contributed by atoms with van der Waals surface area (Å²) in [5.41, 5.74) is -3.38. The van der Waals surface area contributed by atoms with Crippen molar-refractivity contribution in [2.75, 3.05) is 12.4 Å². The molecule has 0 spiro atoms. The minimum atomic E-state index is -4.64. The van der Waals surface area contributed by atoms with Crippen molar-refractivity contribution in [2.45, 2.75) is 6.18 Å². The van der Waals surface area contributed by atoms with Crippen LogP contribution in [0.15, 0.2) is 27.8 Å². The normalized spacial score (nSPS) is 11.2. The summed E-state index contributed by atoms with van der Waals surface area (Å²) in [5.74, 6) is -0.254. The number of methoxy groups -OCH3 is 1. The van der Waals surface area contributed by atoms with Crippen LogP contribution in [0.1, 0.15) is 11.1 Å². The molecule has 0 radical (unpaired) electrons. The predicted molar refractivity (Wildman–Crippen MR) is 67.3 cm³/mol. The molecule has 2 aromatic carbocycles. The molecule has 5 nitrogen and oxygen atoms in total. The molecule has 0 unspecified atom stereocenters. The Labute approximate surface area is 115 Å². The van der Waals surface area contributed by atoms with Crippen LogP contribution in [0.25, 0.3) is 0 Å². The topological polar surface area (TPSA) is 79.2 Å². The molecule has 0 amide bonds. The van der Waals surface area contributed by atoms with Crippen molar-refractivity contribution in [1.82, 2.24) is 0 Å². The van der Waals surface area contributed by atoms with Gasteiger partial charge in [0.15, 0.2) is 5.75 Å². The molecule has 0 atom stereocenters. The van der Waals surface area contributed by atoms with E-state index in [-0.39, 0.29) is 22.7 Å². The molecule has 0 saturated heterocycles. The van der Waals surface area contributed by atoms with Crippen LogP contribution in [-0.2, 0) is 6.18 Å². The van der Waals surface area contributed by atoms with Crippen molar-refractivity contribution in [3.8, 4) is 11.8 Å². The minimum absolute atomic E-state index is 0.133. The molecule has 21 heavy (non-hydrogen) atoms. The number of nitrogens with zero attached hydrogens (tertiary/aromatic N) is 1. The van der Waals surface area contributed by atoms with E-state index in [1.54, 1.807) is 6.07 Å². The number of hydrogen-bond donors (Lipinski definition) is 1. The average Bonchev–Trinajstić information content (AvgIpc) is 2.45. The summed E-state index contributed by atoms with van der Waals surface area (Å²) in [6, 6.07) is 4.14. The van der Waals surface area contributed by atoms with E-state index in [2.05, 4.69) is 10.1 Å². The van der Waals surface area contributed by atoms with Crippen molar-refractivity contribution >= 4 is 11.4 Å². The summed E-state index contributed by atoms with van der Waals surface area (Å²) in [6.07, 6.45) is -4.64. The number of rotatable bonds is 3. The monoisotopic (exact) mass is 296 g/mol. The van der Waals surface area contributed by atoms with Gasteiger partial charge in [0.25, 0.3) is 10.9 Å². The molecule has 2 rings (SSSR count). The maximum atomic E-state index is 12.7. The first-order valence-electron chi connectivity index (χ1n) is 5.54. The highest BCUT2D eigenvalue weighted by Gasteiger charge is 2.31. The second-order valence-electron chi connectivity index (χ2n) is 4.10. The number of nitrogens with one attached hydrogen (secondary N) is 1. The van der Waals surface area contributed by atoms with E-state index in [0.29, 0.717) is 6.07 Å². The van der Waals surface area contributed by atoms with Crippen LogP contribution < -0.4 is 20.9 Å². The Hall–Kier alpha value is -2.82. The number of hydrogen-bond acceptors (Lipinski definition) is 5. The number of benzene rings is 1. The van der Waals surface area contributed by atoms with Gasteiger partial charge < -0.3 is 10.1 Å². The van der Waals surface area contributed by atoms with Crippen molar-refractivity contribution in [3.63, 3.8) is 0 Å². The predicted octanol–water partition coefficient (Wildman–Crippen LogP) is 1.93. The van der Waals surface area contributed by atoms with E-state index < -0.39 is 22.6 Å². The lowest BCUT2D eigenvalue weighted by Gasteiger charge is -2.14. The van der Waals surface area contributed by atoms with Gasteiger partial charge in [-0.2, -0.15) is 18.4 Å². The molecule has 0 heterocycles. The Balaban J connectivity index is 2.46. The van der Waals surface area contributed by atoms with Gasteiger partial charge in [-0.3, -0.25) is 9.59 Å². The number of alkyl halides is 3. The van der Waals surface area contributed by atoms with Crippen LogP contribution in [0, 0.1) is 11.3 Å². The highest BCUT2D eigenvalue weighted by Crippen LogP contribution is 2.33. The highest BCUT2D eigenvalue weighted by molar-refractivity contribution is 5.71. The number of halogens is 3. The van der Waals surface area contributed by atoms with Gasteiger partial charge in [-0.1, -0.05) is 0 Å². The number of ether oxygens (including phenoxy) is 1. The third-order valence-corrected chi connectivity index (χ3v) is 2.73. The lowest BCUT2D eigenvalue weighted by molar-refractivity contribution is -0.137. The summed E-state index contributed by atoms with van der Waals surface area (Å²) >= 11 is 0. The molecule has 0 aliphatic carbocycles. The lowest BCUT2D eigenvalue weighted by atomic mass is 10.1. The van der Waals surface area contributed by atoms with Crippen molar-refractivity contribution < 1.29 is 17.9 Å². The second-order valence-corrected chi connectivity index (χ2v) is 4.10. The molecule has 8 heteroatoms. The van der Waals surface area contributed by atoms with Gasteiger partial charge in [-0.15, -0.1) is 0 Å². The van der Waals surface area contributed by atoms with E-state index >= 15 is 0 Å². The first-order valence-corrected chi connectivity index (χ1v) is 5.54. The van der Waals surface area contributed by atoms with Gasteiger partial charge in [0.05, 0.1) is 24.3 Å². The molecule has 0 bridgehead atoms. The van der Waals surface area contributed by atoms with Gasteiger partial charge in [0.2, 0.25) is 0 Å². The van der Waals surface area contributed by atoms with Gasteiger partial charge in [-0.05, 0) is 18.2 Å². The van der Waals surface area contributed by atoms with Gasteiger partial charge in [0, 0.05) is 5.69 Å². The standard InChI is InChI=1S/C13H7F3N2O3/c1-21-12-9(10(19)11(12)20)18-8-3-6(5-17)2-7(4-8)13(14,15)16/h2-4,18H,1H3. The van der Waals surface area contributed by atoms with Crippen LogP contribution in [0.4, 0.5) is 24.5 Å². The molecule has 0 aromatic heterocycles. The van der Waals surface area contributed by atoms with Crippen LogP contribution in [0.2, 0.25) is 0 Å². The Bertz CT molecular complexity index is 812. The summed E-state index contributed by atoms with van der Waals surface area (Å²) in [7, 11) is 1.16. The molecule has 108 valence electrons.